The molecule has 0 aliphatic carbocycles. The van der Waals surface area contributed by atoms with Gasteiger partial charge in [-0.15, -0.1) is 0 Å². The van der Waals surface area contributed by atoms with Crippen LogP contribution >= 0.6 is 0 Å². The second-order valence-corrected chi connectivity index (χ2v) is 6.74. The Morgan fingerprint density at radius 1 is 0.900 bits per heavy atom. The third kappa shape index (κ3) is 6.91. The number of halogens is 3. The molecule has 30 heavy (non-hydrogen) atoms. The van der Waals surface area contributed by atoms with Crippen LogP contribution in [-0.2, 0) is 33.4 Å². The molecular formula is C21H21F3N2O4. The SMILES string of the molecule is CC(=O)N[C@H](Cc1ccccc1)C(=O)N[C@@H](Cc1cccc(C(F)(F)F)c1)C(=O)O. The molecule has 0 saturated heterocycles. The van der Waals surface area contributed by atoms with Gasteiger partial charge in [0, 0.05) is 19.8 Å². The lowest BCUT2D eigenvalue weighted by atomic mass is 10.0. The molecule has 0 spiro atoms. The van der Waals surface area contributed by atoms with Gasteiger partial charge < -0.3 is 15.7 Å². The summed E-state index contributed by atoms with van der Waals surface area (Å²) in [7, 11) is 0. The molecule has 0 heterocycles. The third-order valence-corrected chi connectivity index (χ3v) is 4.29. The molecule has 0 aromatic heterocycles. The summed E-state index contributed by atoms with van der Waals surface area (Å²) >= 11 is 0. The number of carboxylic acid groups (broad SMARTS) is 1. The lowest BCUT2D eigenvalue weighted by Gasteiger charge is -2.21. The minimum absolute atomic E-state index is 0.108. The van der Waals surface area contributed by atoms with E-state index in [1.165, 1.54) is 19.1 Å². The van der Waals surface area contributed by atoms with Crippen molar-refractivity contribution in [2.75, 3.05) is 0 Å². The smallest absolute Gasteiger partial charge is 0.416 e. The van der Waals surface area contributed by atoms with Gasteiger partial charge in [-0.25, -0.2) is 4.79 Å². The molecule has 0 unspecified atom stereocenters. The fourth-order valence-electron chi connectivity index (χ4n) is 2.89. The van der Waals surface area contributed by atoms with Crippen molar-refractivity contribution in [1.29, 1.82) is 0 Å². The molecule has 0 radical (unpaired) electrons. The predicted molar refractivity (Wildman–Crippen MR) is 102 cm³/mol. The summed E-state index contributed by atoms with van der Waals surface area (Å²) < 4.78 is 38.6. The van der Waals surface area contributed by atoms with Gasteiger partial charge in [0.25, 0.3) is 0 Å². The van der Waals surface area contributed by atoms with Crippen LogP contribution in [0.3, 0.4) is 0 Å². The monoisotopic (exact) mass is 422 g/mol. The molecule has 2 atom stereocenters. The Morgan fingerprint density at radius 2 is 1.50 bits per heavy atom. The van der Waals surface area contributed by atoms with Gasteiger partial charge in [-0.1, -0.05) is 48.5 Å². The maximum absolute atomic E-state index is 12.9. The van der Waals surface area contributed by atoms with Crippen molar-refractivity contribution in [3.8, 4) is 0 Å². The average Bonchev–Trinajstić information content (AvgIpc) is 2.67. The van der Waals surface area contributed by atoms with Crippen molar-refractivity contribution < 1.29 is 32.7 Å². The summed E-state index contributed by atoms with van der Waals surface area (Å²) in [4.78, 5) is 35.7. The zero-order valence-corrected chi connectivity index (χ0v) is 16.1. The van der Waals surface area contributed by atoms with Gasteiger partial charge in [0.05, 0.1) is 5.56 Å². The van der Waals surface area contributed by atoms with Crippen molar-refractivity contribution in [2.45, 2.75) is 38.0 Å². The second kappa shape index (κ2) is 9.91. The van der Waals surface area contributed by atoms with Crippen LogP contribution in [0.2, 0.25) is 0 Å². The molecule has 6 nitrogen and oxygen atoms in total. The number of carbonyl (C=O) groups is 3. The van der Waals surface area contributed by atoms with E-state index in [1.807, 2.05) is 0 Å². The quantitative estimate of drug-likeness (QED) is 0.609. The fraction of sp³-hybridized carbons (Fsp3) is 0.286. The first-order chi connectivity index (χ1) is 14.1. The zero-order chi connectivity index (χ0) is 22.3. The highest BCUT2D eigenvalue weighted by Gasteiger charge is 2.31. The third-order valence-electron chi connectivity index (χ3n) is 4.29. The second-order valence-electron chi connectivity index (χ2n) is 6.74. The lowest BCUT2D eigenvalue weighted by molar-refractivity contribution is -0.142. The largest absolute Gasteiger partial charge is 0.480 e. The van der Waals surface area contributed by atoms with E-state index in [2.05, 4.69) is 10.6 Å². The van der Waals surface area contributed by atoms with Crippen LogP contribution in [0.5, 0.6) is 0 Å². The van der Waals surface area contributed by atoms with Crippen LogP contribution in [0.4, 0.5) is 13.2 Å². The number of hydrogen-bond donors (Lipinski definition) is 3. The number of carbonyl (C=O) groups excluding carboxylic acids is 2. The molecule has 0 aliphatic rings. The van der Waals surface area contributed by atoms with Crippen molar-refractivity contribution in [3.63, 3.8) is 0 Å². The van der Waals surface area contributed by atoms with Crippen molar-refractivity contribution in [2.24, 2.45) is 0 Å². The Hall–Kier alpha value is -3.36. The number of nitrogens with one attached hydrogen (secondary N) is 2. The number of rotatable bonds is 8. The maximum Gasteiger partial charge on any atom is 0.416 e. The van der Waals surface area contributed by atoms with E-state index in [9.17, 15) is 32.7 Å². The standard InChI is InChI=1S/C21H21F3N2O4/c1-13(27)25-17(11-14-6-3-2-4-7-14)19(28)26-18(20(29)30)12-15-8-5-9-16(10-15)21(22,23)24/h2-10,17-18H,11-12H2,1H3,(H,25,27)(H,26,28)(H,29,30)/t17-,18+/m1/s1. The van der Waals surface area contributed by atoms with E-state index >= 15 is 0 Å². The van der Waals surface area contributed by atoms with E-state index in [-0.39, 0.29) is 18.4 Å². The van der Waals surface area contributed by atoms with E-state index in [0.29, 0.717) is 0 Å². The molecule has 9 heteroatoms. The van der Waals surface area contributed by atoms with Gasteiger partial charge in [0.1, 0.15) is 12.1 Å². The predicted octanol–water partition coefficient (Wildman–Crippen LogP) is 2.56. The highest BCUT2D eigenvalue weighted by Crippen LogP contribution is 2.29. The number of hydrogen-bond acceptors (Lipinski definition) is 3. The Bertz CT molecular complexity index is 901. The highest BCUT2D eigenvalue weighted by molar-refractivity contribution is 5.90. The first-order valence-electron chi connectivity index (χ1n) is 9.06. The van der Waals surface area contributed by atoms with Gasteiger partial charge in [0.2, 0.25) is 11.8 Å². The first-order valence-corrected chi connectivity index (χ1v) is 9.06. The number of aliphatic carboxylic acids is 1. The summed E-state index contributed by atoms with van der Waals surface area (Å²) in [6.45, 7) is 1.22. The fourth-order valence-corrected chi connectivity index (χ4v) is 2.89. The zero-order valence-electron chi connectivity index (χ0n) is 16.1. The van der Waals surface area contributed by atoms with Crippen LogP contribution in [0.15, 0.2) is 54.6 Å². The van der Waals surface area contributed by atoms with Gasteiger partial charge in [-0.2, -0.15) is 13.2 Å². The maximum atomic E-state index is 12.9. The summed E-state index contributed by atoms with van der Waals surface area (Å²) in [5, 5.41) is 14.2. The molecule has 2 rings (SSSR count). The lowest BCUT2D eigenvalue weighted by Crippen LogP contribution is -2.52. The van der Waals surface area contributed by atoms with E-state index < -0.39 is 41.6 Å². The minimum atomic E-state index is -4.57. The Balaban J connectivity index is 2.16. The molecular weight excluding hydrogens is 401 g/mol. The van der Waals surface area contributed by atoms with Gasteiger partial charge in [-0.05, 0) is 17.2 Å². The summed E-state index contributed by atoms with van der Waals surface area (Å²) in [6, 6.07) is 10.5. The van der Waals surface area contributed by atoms with Gasteiger partial charge >= 0.3 is 12.1 Å². The molecule has 3 N–H and O–H groups in total. The summed E-state index contributed by atoms with van der Waals surface area (Å²) in [6.07, 6.45) is -4.78. The number of carboxylic acids is 1. The number of amides is 2. The van der Waals surface area contributed by atoms with Crippen LogP contribution < -0.4 is 10.6 Å². The Morgan fingerprint density at radius 3 is 2.07 bits per heavy atom. The van der Waals surface area contributed by atoms with Crippen molar-refractivity contribution in [3.05, 3.63) is 71.3 Å². The Labute approximate surface area is 171 Å². The molecule has 2 aromatic rings. The molecule has 2 aromatic carbocycles. The first kappa shape index (κ1) is 22.9. The van der Waals surface area contributed by atoms with E-state index in [4.69, 9.17) is 0 Å². The summed E-state index contributed by atoms with van der Waals surface area (Å²) in [5.41, 5.74) is -0.0523. The molecule has 0 fully saturated rings. The van der Waals surface area contributed by atoms with Crippen molar-refractivity contribution in [1.82, 2.24) is 10.6 Å². The van der Waals surface area contributed by atoms with Crippen LogP contribution in [-0.4, -0.2) is 35.0 Å². The van der Waals surface area contributed by atoms with Crippen molar-refractivity contribution >= 4 is 17.8 Å². The summed E-state index contributed by atoms with van der Waals surface area (Å²) in [5.74, 6) is -2.62. The van der Waals surface area contributed by atoms with Crippen LogP contribution in [0, 0.1) is 0 Å². The number of benzene rings is 2. The average molecular weight is 422 g/mol. The minimum Gasteiger partial charge on any atom is -0.480 e. The molecule has 0 bridgehead atoms. The molecule has 0 saturated carbocycles. The normalized spacial score (nSPS) is 13.2. The molecule has 160 valence electrons. The topological polar surface area (TPSA) is 95.5 Å². The van der Waals surface area contributed by atoms with E-state index in [0.717, 1.165) is 17.7 Å². The van der Waals surface area contributed by atoms with Crippen LogP contribution in [0.25, 0.3) is 0 Å². The van der Waals surface area contributed by atoms with Gasteiger partial charge in [0.15, 0.2) is 0 Å². The Kier molecular flexibility index (Phi) is 7.57. The molecule has 0 aliphatic heterocycles. The molecule has 2 amide bonds. The van der Waals surface area contributed by atoms with E-state index in [1.54, 1.807) is 30.3 Å². The number of alkyl halides is 3. The van der Waals surface area contributed by atoms with Crippen LogP contribution in [0.1, 0.15) is 23.6 Å². The van der Waals surface area contributed by atoms with Gasteiger partial charge in [-0.3, -0.25) is 9.59 Å². The highest BCUT2D eigenvalue weighted by atomic mass is 19.4.